The van der Waals surface area contributed by atoms with Crippen molar-refractivity contribution in [3.63, 3.8) is 0 Å². The van der Waals surface area contributed by atoms with Gasteiger partial charge >= 0.3 is 0 Å². The third-order valence-electron chi connectivity index (χ3n) is 4.01. The molecule has 132 valence electrons. The van der Waals surface area contributed by atoms with Crippen molar-refractivity contribution in [2.45, 2.75) is 0 Å². The van der Waals surface area contributed by atoms with Gasteiger partial charge in [0.25, 0.3) is 5.91 Å². The first-order valence-electron chi connectivity index (χ1n) is 8.32. The highest BCUT2D eigenvalue weighted by Crippen LogP contribution is 2.24. The summed E-state index contributed by atoms with van der Waals surface area (Å²) in [5.41, 5.74) is 3.22. The van der Waals surface area contributed by atoms with Crippen molar-refractivity contribution in [3.8, 4) is 0 Å². The summed E-state index contributed by atoms with van der Waals surface area (Å²) in [6, 6.07) is 17.0. The first-order chi connectivity index (χ1) is 13.2. The fraction of sp³-hybridized carbons (Fsp3) is 0. The van der Waals surface area contributed by atoms with Crippen molar-refractivity contribution in [3.05, 3.63) is 90.6 Å². The van der Waals surface area contributed by atoms with Crippen molar-refractivity contribution in [1.29, 1.82) is 0 Å². The Morgan fingerprint density at radius 3 is 2.59 bits per heavy atom. The van der Waals surface area contributed by atoms with Gasteiger partial charge in [-0.15, -0.1) is 0 Å². The second-order valence-corrected chi connectivity index (χ2v) is 5.93. The fourth-order valence-corrected chi connectivity index (χ4v) is 2.73. The number of amides is 1. The van der Waals surface area contributed by atoms with Crippen molar-refractivity contribution in [2.75, 3.05) is 10.6 Å². The summed E-state index contributed by atoms with van der Waals surface area (Å²) in [7, 11) is 0. The number of benzene rings is 2. The number of anilines is 3. The Balaban J connectivity index is 1.57. The van der Waals surface area contributed by atoms with Crippen LogP contribution in [0.25, 0.3) is 10.9 Å². The number of carbonyl (C=O) groups excluding carboxylic acids is 1. The minimum absolute atomic E-state index is 0.325. The van der Waals surface area contributed by atoms with Crippen LogP contribution in [-0.2, 0) is 0 Å². The van der Waals surface area contributed by atoms with Crippen molar-refractivity contribution >= 4 is 33.9 Å². The lowest BCUT2D eigenvalue weighted by molar-refractivity contribution is 0.102. The van der Waals surface area contributed by atoms with Gasteiger partial charge in [0.05, 0.1) is 28.7 Å². The largest absolute Gasteiger partial charge is 0.352 e. The summed E-state index contributed by atoms with van der Waals surface area (Å²) >= 11 is 0. The number of pyridine rings is 2. The molecule has 0 unspecified atom stereocenters. The summed E-state index contributed by atoms with van der Waals surface area (Å²) in [5, 5.41) is 6.99. The quantitative estimate of drug-likeness (QED) is 0.552. The van der Waals surface area contributed by atoms with E-state index in [1.807, 2.05) is 30.3 Å². The zero-order valence-corrected chi connectivity index (χ0v) is 14.2. The molecule has 0 radical (unpaired) electrons. The summed E-state index contributed by atoms with van der Waals surface area (Å²) in [6.07, 6.45) is 4.85. The van der Waals surface area contributed by atoms with Gasteiger partial charge in [0.2, 0.25) is 0 Å². The molecule has 1 amide bonds. The predicted molar refractivity (Wildman–Crippen MR) is 104 cm³/mol. The normalized spacial score (nSPS) is 10.6. The van der Waals surface area contributed by atoms with E-state index < -0.39 is 0 Å². The minimum Gasteiger partial charge on any atom is -0.352 e. The number of para-hydroxylation sites is 1. The Kier molecular flexibility index (Phi) is 4.45. The number of nitrogens with zero attached hydrogens (tertiary/aromatic N) is 2. The lowest BCUT2D eigenvalue weighted by Crippen LogP contribution is -2.12. The molecule has 2 aromatic heterocycles. The summed E-state index contributed by atoms with van der Waals surface area (Å²) in [5.74, 6) is -0.682. The van der Waals surface area contributed by atoms with E-state index in [1.165, 1.54) is 30.5 Å². The SMILES string of the molecule is O=C(Nc1ccc(F)cc1)c1cncc(Nc2cccc3cccnc23)c1. The van der Waals surface area contributed by atoms with Gasteiger partial charge < -0.3 is 10.6 Å². The molecule has 0 atom stereocenters. The van der Waals surface area contributed by atoms with Crippen molar-refractivity contribution in [1.82, 2.24) is 9.97 Å². The van der Waals surface area contributed by atoms with Crippen LogP contribution in [0.2, 0.25) is 0 Å². The van der Waals surface area contributed by atoms with E-state index in [0.717, 1.165) is 16.6 Å². The zero-order chi connectivity index (χ0) is 18.6. The van der Waals surface area contributed by atoms with Crippen molar-refractivity contribution in [2.24, 2.45) is 0 Å². The van der Waals surface area contributed by atoms with E-state index in [4.69, 9.17) is 0 Å². The molecular formula is C21H15FN4O. The number of hydrogen-bond acceptors (Lipinski definition) is 4. The Morgan fingerprint density at radius 1 is 0.926 bits per heavy atom. The van der Waals surface area contributed by atoms with E-state index in [2.05, 4.69) is 20.6 Å². The van der Waals surface area contributed by atoms with Crippen molar-refractivity contribution < 1.29 is 9.18 Å². The number of rotatable bonds is 4. The Morgan fingerprint density at radius 2 is 1.74 bits per heavy atom. The summed E-state index contributed by atoms with van der Waals surface area (Å²) in [4.78, 5) is 21.0. The molecule has 4 aromatic rings. The van der Waals surface area contributed by atoms with E-state index in [1.54, 1.807) is 18.5 Å². The third-order valence-corrected chi connectivity index (χ3v) is 4.01. The van der Waals surface area contributed by atoms with Gasteiger partial charge in [-0.1, -0.05) is 18.2 Å². The predicted octanol–water partition coefficient (Wildman–Crippen LogP) is 4.76. The first kappa shape index (κ1) is 16.7. The summed E-state index contributed by atoms with van der Waals surface area (Å²) < 4.78 is 13.0. The molecule has 4 rings (SSSR count). The Labute approximate surface area is 154 Å². The molecule has 2 aromatic carbocycles. The molecular weight excluding hydrogens is 343 g/mol. The molecule has 0 spiro atoms. The van der Waals surface area contributed by atoms with Crippen LogP contribution in [0.3, 0.4) is 0 Å². The number of fused-ring (bicyclic) bond motifs is 1. The molecule has 5 nitrogen and oxygen atoms in total. The third kappa shape index (κ3) is 3.74. The molecule has 6 heteroatoms. The average molecular weight is 358 g/mol. The highest BCUT2D eigenvalue weighted by atomic mass is 19.1. The molecule has 0 aliphatic rings. The maximum absolute atomic E-state index is 13.0. The lowest BCUT2D eigenvalue weighted by atomic mass is 10.2. The first-order valence-corrected chi connectivity index (χ1v) is 8.32. The molecule has 0 aliphatic carbocycles. The monoisotopic (exact) mass is 358 g/mol. The number of carbonyl (C=O) groups is 1. The van der Waals surface area contributed by atoms with E-state index in [-0.39, 0.29) is 11.7 Å². The highest BCUT2D eigenvalue weighted by molar-refractivity contribution is 6.04. The summed E-state index contributed by atoms with van der Waals surface area (Å²) in [6.45, 7) is 0. The number of halogens is 1. The van der Waals surface area contributed by atoms with Gasteiger partial charge in [-0.05, 0) is 42.5 Å². The van der Waals surface area contributed by atoms with Crippen LogP contribution in [0, 0.1) is 5.82 Å². The molecule has 2 heterocycles. The molecule has 0 saturated carbocycles. The highest BCUT2D eigenvalue weighted by Gasteiger charge is 2.09. The number of hydrogen-bond donors (Lipinski definition) is 2. The van der Waals surface area contributed by atoms with E-state index in [0.29, 0.717) is 16.9 Å². The van der Waals surface area contributed by atoms with Gasteiger partial charge in [-0.25, -0.2) is 4.39 Å². The van der Waals surface area contributed by atoms with Gasteiger partial charge in [0.15, 0.2) is 0 Å². The molecule has 2 N–H and O–H groups in total. The smallest absolute Gasteiger partial charge is 0.257 e. The van der Waals surface area contributed by atoms with Crippen LogP contribution < -0.4 is 10.6 Å². The van der Waals surface area contributed by atoms with Gasteiger partial charge in [0.1, 0.15) is 5.82 Å². The number of aromatic nitrogens is 2. The van der Waals surface area contributed by atoms with Gasteiger partial charge in [-0.2, -0.15) is 0 Å². The Hall–Kier alpha value is -3.80. The lowest BCUT2D eigenvalue weighted by Gasteiger charge is -2.10. The van der Waals surface area contributed by atoms with Crippen LogP contribution in [0.4, 0.5) is 21.5 Å². The average Bonchev–Trinajstić information content (AvgIpc) is 2.70. The van der Waals surface area contributed by atoms with Crippen LogP contribution in [0.15, 0.2) is 79.3 Å². The molecule has 0 aliphatic heterocycles. The maximum Gasteiger partial charge on any atom is 0.257 e. The minimum atomic E-state index is -0.357. The van der Waals surface area contributed by atoms with Gasteiger partial charge in [0, 0.05) is 23.5 Å². The van der Waals surface area contributed by atoms with E-state index in [9.17, 15) is 9.18 Å². The van der Waals surface area contributed by atoms with Crippen LogP contribution >= 0.6 is 0 Å². The van der Waals surface area contributed by atoms with Gasteiger partial charge in [-0.3, -0.25) is 14.8 Å². The maximum atomic E-state index is 13.0. The second kappa shape index (κ2) is 7.21. The standard InChI is InChI=1S/C21H15FN4O/c22-16-6-8-17(9-7-16)26-21(27)15-11-18(13-23-12-15)25-19-5-1-3-14-4-2-10-24-20(14)19/h1-13,25H,(H,26,27). The van der Waals surface area contributed by atoms with Crippen LogP contribution in [0.5, 0.6) is 0 Å². The van der Waals surface area contributed by atoms with Crippen LogP contribution in [-0.4, -0.2) is 15.9 Å². The zero-order valence-electron chi connectivity index (χ0n) is 14.2. The second-order valence-electron chi connectivity index (χ2n) is 5.93. The molecule has 0 saturated heterocycles. The topological polar surface area (TPSA) is 66.9 Å². The molecule has 27 heavy (non-hydrogen) atoms. The van der Waals surface area contributed by atoms with E-state index >= 15 is 0 Å². The van der Waals surface area contributed by atoms with Crippen LogP contribution in [0.1, 0.15) is 10.4 Å². The number of nitrogens with one attached hydrogen (secondary N) is 2. The Bertz CT molecular complexity index is 1110. The molecule has 0 bridgehead atoms. The fourth-order valence-electron chi connectivity index (χ4n) is 2.73. The molecule has 0 fully saturated rings.